The van der Waals surface area contributed by atoms with Gasteiger partial charge in [0.1, 0.15) is 6.29 Å². The van der Waals surface area contributed by atoms with Gasteiger partial charge < -0.3 is 4.52 Å². The first kappa shape index (κ1) is 7.49. The van der Waals surface area contributed by atoms with E-state index in [0.29, 0.717) is 15.7 Å². The maximum Gasteiger partial charge on any atom is 0.168 e. The molecule has 0 saturated heterocycles. The Labute approximate surface area is 76.5 Å². The molecule has 1 heterocycles. The average molecular weight is 226 g/mol. The Kier molecular flexibility index (Phi) is 1.69. The first-order valence-electron chi connectivity index (χ1n) is 3.31. The van der Waals surface area contributed by atoms with Crippen LogP contribution in [0.25, 0.3) is 11.0 Å². The number of carbonyl (C=O) groups excluding carboxylic acids is 1. The van der Waals surface area contributed by atoms with E-state index in [1.807, 2.05) is 0 Å². The highest BCUT2D eigenvalue weighted by molar-refractivity contribution is 9.10. The van der Waals surface area contributed by atoms with Crippen molar-refractivity contribution in [2.24, 2.45) is 0 Å². The molecular formula is C8H4BrNO2. The molecule has 60 valence electrons. The number of halogens is 1. The van der Waals surface area contributed by atoms with Crippen molar-refractivity contribution in [3.05, 3.63) is 28.4 Å². The number of aldehydes is 1. The Morgan fingerprint density at radius 1 is 1.50 bits per heavy atom. The van der Waals surface area contributed by atoms with E-state index < -0.39 is 0 Å². The van der Waals surface area contributed by atoms with E-state index in [1.165, 1.54) is 0 Å². The average Bonchev–Trinajstić information content (AvgIpc) is 2.47. The number of hydrogen-bond acceptors (Lipinski definition) is 3. The Morgan fingerprint density at radius 3 is 3.08 bits per heavy atom. The van der Waals surface area contributed by atoms with Crippen molar-refractivity contribution in [1.82, 2.24) is 5.16 Å². The predicted octanol–water partition coefficient (Wildman–Crippen LogP) is 2.40. The van der Waals surface area contributed by atoms with Crippen LogP contribution in [0.2, 0.25) is 0 Å². The number of fused-ring (bicyclic) bond motifs is 1. The van der Waals surface area contributed by atoms with Crippen LogP contribution in [0.4, 0.5) is 0 Å². The molecule has 0 amide bonds. The maximum atomic E-state index is 10.4. The van der Waals surface area contributed by atoms with Crippen LogP contribution >= 0.6 is 15.9 Å². The van der Waals surface area contributed by atoms with Crippen molar-refractivity contribution in [2.75, 3.05) is 0 Å². The Balaban J connectivity index is 2.79. The molecule has 0 radical (unpaired) electrons. The summed E-state index contributed by atoms with van der Waals surface area (Å²) in [5.41, 5.74) is 1.29. The second-order valence-electron chi connectivity index (χ2n) is 2.35. The number of hydrogen-bond donors (Lipinski definition) is 0. The van der Waals surface area contributed by atoms with Gasteiger partial charge >= 0.3 is 0 Å². The third kappa shape index (κ3) is 1.04. The fourth-order valence-electron chi connectivity index (χ4n) is 1.00. The van der Waals surface area contributed by atoms with E-state index in [4.69, 9.17) is 4.52 Å². The summed E-state index contributed by atoms with van der Waals surface area (Å²) in [6.45, 7) is 0. The molecule has 0 fully saturated rings. The molecule has 12 heavy (non-hydrogen) atoms. The van der Waals surface area contributed by atoms with E-state index in [2.05, 4.69) is 21.1 Å². The van der Waals surface area contributed by atoms with Crippen molar-refractivity contribution in [1.29, 1.82) is 0 Å². The van der Waals surface area contributed by atoms with E-state index in [-0.39, 0.29) is 0 Å². The van der Waals surface area contributed by atoms with Crippen LogP contribution in [0.15, 0.2) is 27.3 Å². The van der Waals surface area contributed by atoms with Crippen LogP contribution < -0.4 is 0 Å². The lowest BCUT2D eigenvalue weighted by molar-refractivity contribution is 0.112. The third-order valence-corrected chi connectivity index (χ3v) is 2.16. The summed E-state index contributed by atoms with van der Waals surface area (Å²) >= 11 is 3.21. The molecule has 0 spiro atoms. The summed E-state index contributed by atoms with van der Waals surface area (Å²) in [4.78, 5) is 10.4. The lowest BCUT2D eigenvalue weighted by atomic mass is 10.2. The van der Waals surface area contributed by atoms with Crippen molar-refractivity contribution < 1.29 is 9.32 Å². The van der Waals surface area contributed by atoms with E-state index in [0.717, 1.165) is 11.7 Å². The zero-order valence-corrected chi connectivity index (χ0v) is 7.54. The van der Waals surface area contributed by atoms with Gasteiger partial charge in [-0.1, -0.05) is 5.16 Å². The van der Waals surface area contributed by atoms with Gasteiger partial charge in [-0.2, -0.15) is 0 Å². The van der Waals surface area contributed by atoms with Crippen LogP contribution in [-0.2, 0) is 0 Å². The largest absolute Gasteiger partial charge is 0.355 e. The molecule has 0 bridgehead atoms. The molecule has 2 rings (SSSR count). The van der Waals surface area contributed by atoms with Gasteiger partial charge in [-0.3, -0.25) is 4.79 Å². The number of benzene rings is 1. The van der Waals surface area contributed by atoms with Crippen molar-refractivity contribution in [2.45, 2.75) is 0 Å². The maximum absolute atomic E-state index is 10.4. The van der Waals surface area contributed by atoms with Gasteiger partial charge in [0.25, 0.3) is 0 Å². The van der Waals surface area contributed by atoms with Crippen molar-refractivity contribution in [3.63, 3.8) is 0 Å². The fourth-order valence-corrected chi connectivity index (χ4v) is 1.38. The zero-order chi connectivity index (χ0) is 8.55. The number of aromatic nitrogens is 1. The number of nitrogens with zero attached hydrogens (tertiary/aromatic N) is 1. The Morgan fingerprint density at radius 2 is 2.33 bits per heavy atom. The predicted molar refractivity (Wildman–Crippen MR) is 47.1 cm³/mol. The molecule has 0 aliphatic rings. The summed E-state index contributed by atoms with van der Waals surface area (Å²) in [6.07, 6.45) is 0.791. The molecule has 0 atom stereocenters. The third-order valence-electron chi connectivity index (χ3n) is 1.59. The van der Waals surface area contributed by atoms with Gasteiger partial charge in [-0.15, -0.1) is 0 Å². The molecule has 1 aromatic carbocycles. The van der Waals surface area contributed by atoms with Gasteiger partial charge in [0.05, 0.1) is 5.39 Å². The summed E-state index contributed by atoms with van der Waals surface area (Å²) < 4.78 is 5.56. The molecule has 3 nitrogen and oxygen atoms in total. The van der Waals surface area contributed by atoms with Crippen LogP contribution in [-0.4, -0.2) is 11.4 Å². The lowest BCUT2D eigenvalue weighted by Gasteiger charge is -1.88. The van der Waals surface area contributed by atoms with Gasteiger partial charge in [-0.05, 0) is 34.1 Å². The molecule has 0 N–H and O–H groups in total. The van der Waals surface area contributed by atoms with Crippen molar-refractivity contribution in [3.8, 4) is 0 Å². The SMILES string of the molecule is O=Cc1ccc2onc(Br)c2c1. The van der Waals surface area contributed by atoms with Crippen LogP contribution in [0.5, 0.6) is 0 Å². The Bertz CT molecular complexity index is 436. The minimum Gasteiger partial charge on any atom is -0.355 e. The first-order valence-corrected chi connectivity index (χ1v) is 4.10. The van der Waals surface area contributed by atoms with Gasteiger partial charge in [0.2, 0.25) is 0 Å². The number of carbonyl (C=O) groups is 1. The second kappa shape index (κ2) is 2.71. The molecular weight excluding hydrogens is 222 g/mol. The molecule has 4 heteroatoms. The minimum absolute atomic E-state index is 0.617. The van der Waals surface area contributed by atoms with Gasteiger partial charge in [0.15, 0.2) is 10.2 Å². The molecule has 0 aliphatic carbocycles. The summed E-state index contributed by atoms with van der Waals surface area (Å²) in [7, 11) is 0. The molecule has 0 saturated carbocycles. The highest BCUT2D eigenvalue weighted by atomic mass is 79.9. The zero-order valence-electron chi connectivity index (χ0n) is 5.95. The van der Waals surface area contributed by atoms with E-state index >= 15 is 0 Å². The topological polar surface area (TPSA) is 43.1 Å². The smallest absolute Gasteiger partial charge is 0.168 e. The first-order chi connectivity index (χ1) is 5.81. The van der Waals surface area contributed by atoms with E-state index in [1.54, 1.807) is 18.2 Å². The fraction of sp³-hybridized carbons (Fsp3) is 0. The monoisotopic (exact) mass is 225 g/mol. The normalized spacial score (nSPS) is 10.4. The molecule has 0 aliphatic heterocycles. The van der Waals surface area contributed by atoms with Crippen molar-refractivity contribution >= 4 is 33.2 Å². The lowest BCUT2D eigenvalue weighted by Crippen LogP contribution is -1.76. The van der Waals surface area contributed by atoms with E-state index in [9.17, 15) is 4.79 Å². The van der Waals surface area contributed by atoms with Crippen LogP contribution in [0.3, 0.4) is 0 Å². The summed E-state index contributed by atoms with van der Waals surface area (Å²) in [5.74, 6) is 0. The molecule has 2 aromatic rings. The summed E-state index contributed by atoms with van der Waals surface area (Å²) in [5, 5.41) is 4.52. The van der Waals surface area contributed by atoms with Crippen LogP contribution in [0.1, 0.15) is 10.4 Å². The summed E-state index contributed by atoms with van der Waals surface area (Å²) in [6, 6.07) is 5.13. The molecule has 0 unspecified atom stereocenters. The second-order valence-corrected chi connectivity index (χ2v) is 3.10. The van der Waals surface area contributed by atoms with Crippen LogP contribution in [0, 0.1) is 0 Å². The standard InChI is InChI=1S/C8H4BrNO2/c9-8-6-3-5(4-11)1-2-7(6)12-10-8/h1-4H. The number of rotatable bonds is 1. The molecule has 1 aromatic heterocycles. The van der Waals surface area contributed by atoms with Gasteiger partial charge in [0, 0.05) is 5.56 Å². The van der Waals surface area contributed by atoms with Gasteiger partial charge in [-0.25, -0.2) is 0 Å². The minimum atomic E-state index is 0.617. The highest BCUT2D eigenvalue weighted by Gasteiger charge is 2.04. The highest BCUT2D eigenvalue weighted by Crippen LogP contribution is 2.23. The Hall–Kier alpha value is -1.16. The quantitative estimate of drug-likeness (QED) is 0.701.